The summed E-state index contributed by atoms with van der Waals surface area (Å²) in [6.45, 7) is 8.40. The Labute approximate surface area is 129 Å². The lowest BCUT2D eigenvalue weighted by Gasteiger charge is -2.14. The number of nitrogens with one attached hydrogen (secondary N) is 1. The molecule has 0 saturated carbocycles. The van der Waals surface area contributed by atoms with E-state index in [0.717, 1.165) is 10.0 Å². The van der Waals surface area contributed by atoms with E-state index in [9.17, 15) is 4.79 Å². The molecule has 0 unspecified atom stereocenters. The highest BCUT2D eigenvalue weighted by Crippen LogP contribution is 2.23. The molecule has 0 saturated heterocycles. The van der Waals surface area contributed by atoms with Crippen LogP contribution in [-0.2, 0) is 16.1 Å². The second-order valence-corrected chi connectivity index (χ2v) is 6.03. The van der Waals surface area contributed by atoms with Gasteiger partial charge in [0, 0.05) is 22.6 Å². The third kappa shape index (κ3) is 6.39. The van der Waals surface area contributed by atoms with Gasteiger partial charge in [-0.2, -0.15) is 0 Å². The van der Waals surface area contributed by atoms with Gasteiger partial charge in [-0.25, -0.2) is 4.79 Å². The largest absolute Gasteiger partial charge is 0.482 e. The van der Waals surface area contributed by atoms with Crippen LogP contribution in [0, 0.1) is 0 Å². The maximum Gasteiger partial charge on any atom is 0.344 e. The normalized spacial score (nSPS) is 10.9. The van der Waals surface area contributed by atoms with Crippen LogP contribution in [0.4, 0.5) is 0 Å². The van der Waals surface area contributed by atoms with Crippen LogP contribution < -0.4 is 10.1 Å². The molecular formula is C15H22BrNO3. The van der Waals surface area contributed by atoms with Gasteiger partial charge in [-0.05, 0) is 32.0 Å². The van der Waals surface area contributed by atoms with Gasteiger partial charge in [0.2, 0.25) is 0 Å². The molecule has 112 valence electrons. The highest BCUT2D eigenvalue weighted by Gasteiger charge is 2.10. The fourth-order valence-corrected chi connectivity index (χ4v) is 1.98. The summed E-state index contributed by atoms with van der Waals surface area (Å²) in [5, 5.41) is 3.33. The van der Waals surface area contributed by atoms with E-state index in [-0.39, 0.29) is 18.7 Å². The van der Waals surface area contributed by atoms with E-state index in [1.54, 1.807) is 0 Å². The van der Waals surface area contributed by atoms with Gasteiger partial charge in [0.25, 0.3) is 0 Å². The first-order valence-electron chi connectivity index (χ1n) is 6.72. The topological polar surface area (TPSA) is 47.6 Å². The van der Waals surface area contributed by atoms with Gasteiger partial charge in [-0.3, -0.25) is 0 Å². The fraction of sp³-hybridized carbons (Fsp3) is 0.533. The Hall–Kier alpha value is -1.07. The number of benzene rings is 1. The van der Waals surface area contributed by atoms with Crippen LogP contribution in [0.1, 0.15) is 33.3 Å². The molecule has 0 fully saturated rings. The Bertz CT molecular complexity index is 447. The molecule has 1 aromatic carbocycles. The Morgan fingerprint density at radius 2 is 2.00 bits per heavy atom. The quantitative estimate of drug-likeness (QED) is 0.771. The highest BCUT2D eigenvalue weighted by atomic mass is 79.9. The van der Waals surface area contributed by atoms with Crippen LogP contribution in [-0.4, -0.2) is 24.7 Å². The predicted octanol–water partition coefficient (Wildman–Crippen LogP) is 3.28. The fourth-order valence-electron chi connectivity index (χ4n) is 1.57. The molecule has 0 spiro atoms. The molecule has 1 aromatic rings. The average molecular weight is 344 g/mol. The van der Waals surface area contributed by atoms with Crippen molar-refractivity contribution in [3.05, 3.63) is 28.2 Å². The van der Waals surface area contributed by atoms with E-state index in [2.05, 4.69) is 35.1 Å². The second-order valence-electron chi connectivity index (χ2n) is 5.11. The van der Waals surface area contributed by atoms with Crippen LogP contribution in [0.15, 0.2) is 22.7 Å². The number of carbonyl (C=O) groups is 1. The molecule has 0 bridgehead atoms. The molecule has 0 aliphatic carbocycles. The summed E-state index contributed by atoms with van der Waals surface area (Å²) in [6, 6.07) is 6.11. The van der Waals surface area contributed by atoms with Crippen molar-refractivity contribution >= 4 is 21.9 Å². The van der Waals surface area contributed by atoms with E-state index in [1.807, 2.05) is 32.0 Å². The molecule has 5 heteroatoms. The Balaban J connectivity index is 2.66. The SMILES string of the molecule is CC(C)NCc1cc(Br)ccc1OCC(=O)OC(C)C. The number of hydrogen-bond donors (Lipinski definition) is 1. The zero-order chi connectivity index (χ0) is 15.1. The van der Waals surface area contributed by atoms with Crippen LogP contribution in [0.3, 0.4) is 0 Å². The number of esters is 1. The van der Waals surface area contributed by atoms with Gasteiger partial charge in [-0.15, -0.1) is 0 Å². The summed E-state index contributed by atoms with van der Waals surface area (Å²) < 4.78 is 11.6. The number of hydrogen-bond acceptors (Lipinski definition) is 4. The van der Waals surface area contributed by atoms with E-state index < -0.39 is 0 Å². The molecule has 0 atom stereocenters. The summed E-state index contributed by atoms with van der Waals surface area (Å²) in [5.74, 6) is 0.341. The minimum Gasteiger partial charge on any atom is -0.482 e. The zero-order valence-corrected chi connectivity index (χ0v) is 14.0. The number of halogens is 1. The Morgan fingerprint density at radius 3 is 2.60 bits per heavy atom. The predicted molar refractivity (Wildman–Crippen MR) is 82.8 cm³/mol. The van der Waals surface area contributed by atoms with Crippen molar-refractivity contribution in [2.24, 2.45) is 0 Å². The third-order valence-corrected chi connectivity index (χ3v) is 2.93. The van der Waals surface area contributed by atoms with Gasteiger partial charge in [-0.1, -0.05) is 29.8 Å². The Morgan fingerprint density at radius 1 is 1.30 bits per heavy atom. The maximum atomic E-state index is 11.5. The van der Waals surface area contributed by atoms with Crippen LogP contribution in [0.2, 0.25) is 0 Å². The minimum atomic E-state index is -0.356. The van der Waals surface area contributed by atoms with Gasteiger partial charge in [0.15, 0.2) is 6.61 Å². The Kier molecular flexibility index (Phi) is 7.02. The molecule has 0 radical (unpaired) electrons. The summed E-state index contributed by atoms with van der Waals surface area (Å²) >= 11 is 3.44. The molecular weight excluding hydrogens is 322 g/mol. The van der Waals surface area contributed by atoms with Crippen LogP contribution in [0.25, 0.3) is 0 Å². The molecule has 0 heterocycles. The van der Waals surface area contributed by atoms with Crippen molar-refractivity contribution < 1.29 is 14.3 Å². The van der Waals surface area contributed by atoms with Crippen molar-refractivity contribution in [2.75, 3.05) is 6.61 Å². The van der Waals surface area contributed by atoms with Crippen LogP contribution >= 0.6 is 15.9 Å². The first kappa shape index (κ1) is 17.0. The molecule has 1 N–H and O–H groups in total. The number of rotatable bonds is 7. The highest BCUT2D eigenvalue weighted by molar-refractivity contribution is 9.10. The molecule has 0 aliphatic heterocycles. The lowest BCUT2D eigenvalue weighted by atomic mass is 10.2. The summed E-state index contributed by atoms with van der Waals surface area (Å²) in [7, 11) is 0. The second kappa shape index (κ2) is 8.27. The lowest BCUT2D eigenvalue weighted by Crippen LogP contribution is -2.23. The molecule has 1 rings (SSSR count). The van der Waals surface area contributed by atoms with Crippen molar-refractivity contribution in [3.8, 4) is 5.75 Å². The number of ether oxygens (including phenoxy) is 2. The van der Waals surface area contributed by atoms with Crippen molar-refractivity contribution in [1.29, 1.82) is 0 Å². The van der Waals surface area contributed by atoms with E-state index in [0.29, 0.717) is 18.3 Å². The van der Waals surface area contributed by atoms with Gasteiger partial charge in [0.1, 0.15) is 5.75 Å². The van der Waals surface area contributed by atoms with Crippen molar-refractivity contribution in [3.63, 3.8) is 0 Å². The van der Waals surface area contributed by atoms with E-state index in [1.165, 1.54) is 0 Å². The van der Waals surface area contributed by atoms with Crippen LogP contribution in [0.5, 0.6) is 5.75 Å². The average Bonchev–Trinajstić information content (AvgIpc) is 2.34. The smallest absolute Gasteiger partial charge is 0.344 e. The van der Waals surface area contributed by atoms with E-state index >= 15 is 0 Å². The monoisotopic (exact) mass is 343 g/mol. The molecule has 0 aromatic heterocycles. The van der Waals surface area contributed by atoms with Gasteiger partial charge < -0.3 is 14.8 Å². The molecule has 0 amide bonds. The molecule has 4 nitrogen and oxygen atoms in total. The number of carbonyl (C=O) groups excluding carboxylic acids is 1. The lowest BCUT2D eigenvalue weighted by molar-refractivity contribution is -0.149. The third-order valence-electron chi connectivity index (χ3n) is 2.44. The van der Waals surface area contributed by atoms with Gasteiger partial charge in [0.05, 0.1) is 6.10 Å². The van der Waals surface area contributed by atoms with Gasteiger partial charge >= 0.3 is 5.97 Å². The maximum absolute atomic E-state index is 11.5. The summed E-state index contributed by atoms with van der Waals surface area (Å²) in [4.78, 5) is 11.5. The van der Waals surface area contributed by atoms with Crippen molar-refractivity contribution in [2.45, 2.75) is 46.4 Å². The summed E-state index contributed by atoms with van der Waals surface area (Å²) in [6.07, 6.45) is -0.127. The summed E-state index contributed by atoms with van der Waals surface area (Å²) in [5.41, 5.74) is 1.01. The first-order chi connectivity index (χ1) is 9.38. The molecule has 20 heavy (non-hydrogen) atoms. The standard InChI is InChI=1S/C15H22BrNO3/c1-10(2)17-8-12-7-13(16)5-6-14(12)19-9-15(18)20-11(3)4/h5-7,10-11,17H,8-9H2,1-4H3. The minimum absolute atomic E-state index is 0.0749. The zero-order valence-electron chi connectivity index (χ0n) is 12.4. The molecule has 0 aliphatic rings. The van der Waals surface area contributed by atoms with E-state index in [4.69, 9.17) is 9.47 Å². The van der Waals surface area contributed by atoms with Crippen molar-refractivity contribution in [1.82, 2.24) is 5.32 Å². The first-order valence-corrected chi connectivity index (χ1v) is 7.52.